The second kappa shape index (κ2) is 10.2. The number of hydrogen-bond acceptors (Lipinski definition) is 5. The Morgan fingerprint density at radius 2 is 1.85 bits per heavy atom. The van der Waals surface area contributed by atoms with Gasteiger partial charge in [0.05, 0.1) is 11.1 Å². The van der Waals surface area contributed by atoms with Crippen LogP contribution in [0, 0.1) is 0 Å². The molecular weight excluding hydrogens is 428 g/mol. The molecule has 0 bridgehead atoms. The van der Waals surface area contributed by atoms with Gasteiger partial charge in [-0.15, -0.1) is 0 Å². The van der Waals surface area contributed by atoms with Crippen LogP contribution >= 0.6 is 0 Å². The Hall–Kier alpha value is -3.45. The molecule has 0 saturated carbocycles. The lowest BCUT2D eigenvalue weighted by molar-refractivity contribution is 0.0965. The van der Waals surface area contributed by atoms with E-state index in [-0.39, 0.29) is 11.7 Å². The van der Waals surface area contributed by atoms with E-state index in [0.717, 1.165) is 61.5 Å². The van der Waals surface area contributed by atoms with Gasteiger partial charge in [-0.1, -0.05) is 12.1 Å². The van der Waals surface area contributed by atoms with Crippen molar-refractivity contribution in [3.05, 3.63) is 65.7 Å². The number of nitrogens with one attached hydrogen (secondary N) is 2. The van der Waals surface area contributed by atoms with Crippen molar-refractivity contribution in [3.8, 4) is 16.9 Å². The molecular formula is C27H30N4O3. The summed E-state index contributed by atoms with van der Waals surface area (Å²) in [5.74, 6) is 0.579. The smallest absolute Gasteiger partial charge is 0.257 e. The first-order chi connectivity index (χ1) is 16.7. The van der Waals surface area contributed by atoms with Crippen LogP contribution in [0.3, 0.4) is 0 Å². The number of aromatic nitrogens is 2. The number of amides is 1. The summed E-state index contributed by atoms with van der Waals surface area (Å²) >= 11 is 0. The van der Waals surface area contributed by atoms with Crippen LogP contribution in [-0.4, -0.2) is 52.8 Å². The summed E-state index contributed by atoms with van der Waals surface area (Å²) in [6.07, 6.45) is 10.9. The van der Waals surface area contributed by atoms with Crippen LogP contribution in [0.25, 0.3) is 11.1 Å². The van der Waals surface area contributed by atoms with Gasteiger partial charge in [0.15, 0.2) is 5.78 Å². The standard InChI is InChI=1S/C27H30N4O3/c32-24-6-2-1-5-23-26(24)22(18-29-23)27(33)30-20-9-7-19(8-10-20)21-17-28-12-11-25(21)34-16-15-31-13-3-4-14-31/h7-12,17-18,29H,1-6,13-16H2,(H,30,33). The molecule has 34 heavy (non-hydrogen) atoms. The predicted octanol–water partition coefficient (Wildman–Crippen LogP) is 4.71. The van der Waals surface area contributed by atoms with Crippen LogP contribution in [0.4, 0.5) is 5.69 Å². The summed E-state index contributed by atoms with van der Waals surface area (Å²) in [5, 5.41) is 2.93. The van der Waals surface area contributed by atoms with Crippen LogP contribution in [0.15, 0.2) is 48.9 Å². The van der Waals surface area contributed by atoms with Crippen molar-refractivity contribution in [2.24, 2.45) is 0 Å². The number of ether oxygens (including phenoxy) is 1. The third-order valence-electron chi connectivity index (χ3n) is 6.66. The van der Waals surface area contributed by atoms with Gasteiger partial charge in [0.25, 0.3) is 5.91 Å². The number of hydrogen-bond donors (Lipinski definition) is 2. The zero-order valence-corrected chi connectivity index (χ0v) is 19.3. The van der Waals surface area contributed by atoms with Gasteiger partial charge in [-0.25, -0.2) is 0 Å². The molecule has 7 heteroatoms. The van der Waals surface area contributed by atoms with Crippen molar-refractivity contribution in [2.75, 3.05) is 31.6 Å². The first kappa shape index (κ1) is 22.3. The number of aryl methyl sites for hydroxylation is 1. The molecule has 1 saturated heterocycles. The Labute approximate surface area is 199 Å². The molecule has 0 radical (unpaired) electrons. The zero-order chi connectivity index (χ0) is 23.3. The maximum atomic E-state index is 12.9. The van der Waals surface area contributed by atoms with E-state index in [1.165, 1.54) is 12.8 Å². The van der Waals surface area contributed by atoms with Gasteiger partial charge >= 0.3 is 0 Å². The third-order valence-corrected chi connectivity index (χ3v) is 6.66. The molecule has 176 valence electrons. The Bertz CT molecular complexity index is 1160. The fourth-order valence-corrected chi connectivity index (χ4v) is 4.82. The van der Waals surface area contributed by atoms with Crippen LogP contribution in [0.1, 0.15) is 58.5 Å². The number of likely N-dealkylation sites (tertiary alicyclic amines) is 1. The number of fused-ring (bicyclic) bond motifs is 1. The van der Waals surface area contributed by atoms with Gasteiger partial charge in [0.2, 0.25) is 0 Å². The number of carbonyl (C=O) groups excluding carboxylic acids is 2. The highest BCUT2D eigenvalue weighted by atomic mass is 16.5. The molecule has 1 aliphatic heterocycles. The lowest BCUT2D eigenvalue weighted by Crippen LogP contribution is -2.25. The van der Waals surface area contributed by atoms with Crippen molar-refractivity contribution in [3.63, 3.8) is 0 Å². The van der Waals surface area contributed by atoms with Crippen molar-refractivity contribution in [2.45, 2.75) is 38.5 Å². The normalized spacial score (nSPS) is 16.2. The first-order valence-corrected chi connectivity index (χ1v) is 12.1. The van der Waals surface area contributed by atoms with E-state index in [9.17, 15) is 9.59 Å². The molecule has 5 rings (SSSR count). The van der Waals surface area contributed by atoms with Gasteiger partial charge in [-0.05, 0) is 69.0 Å². The van der Waals surface area contributed by atoms with E-state index >= 15 is 0 Å². The number of rotatable bonds is 7. The largest absolute Gasteiger partial charge is 0.491 e. The van der Waals surface area contributed by atoms with Gasteiger partial charge < -0.3 is 15.0 Å². The maximum absolute atomic E-state index is 12.9. The Kier molecular flexibility index (Phi) is 6.72. The fourth-order valence-electron chi connectivity index (χ4n) is 4.82. The van der Waals surface area contributed by atoms with Gasteiger partial charge in [0, 0.05) is 48.5 Å². The summed E-state index contributed by atoms with van der Waals surface area (Å²) < 4.78 is 6.08. The van der Waals surface area contributed by atoms with Gasteiger partial charge in [0.1, 0.15) is 12.4 Å². The van der Waals surface area contributed by atoms with E-state index in [1.54, 1.807) is 18.6 Å². The predicted molar refractivity (Wildman–Crippen MR) is 131 cm³/mol. The maximum Gasteiger partial charge on any atom is 0.257 e. The van der Waals surface area contributed by atoms with E-state index in [0.29, 0.717) is 29.8 Å². The minimum Gasteiger partial charge on any atom is -0.491 e. The molecule has 0 unspecified atom stereocenters. The summed E-state index contributed by atoms with van der Waals surface area (Å²) in [6.45, 7) is 3.88. The number of Topliss-reactive ketones (excluding diaryl/α,β-unsaturated/α-hetero) is 1. The lowest BCUT2D eigenvalue weighted by Gasteiger charge is -2.16. The minimum atomic E-state index is -0.271. The minimum absolute atomic E-state index is 0.0445. The SMILES string of the molecule is O=C(Nc1ccc(-c2cnccc2OCCN2CCCC2)cc1)c1c[nH]c2c1C(=O)CCCC2. The topological polar surface area (TPSA) is 87.3 Å². The number of nitrogens with zero attached hydrogens (tertiary/aromatic N) is 2. The highest BCUT2D eigenvalue weighted by molar-refractivity contribution is 6.13. The van der Waals surface area contributed by atoms with Crippen LogP contribution in [0.5, 0.6) is 5.75 Å². The number of anilines is 1. The highest BCUT2D eigenvalue weighted by Gasteiger charge is 2.24. The number of aromatic amines is 1. The molecule has 2 aliphatic rings. The summed E-state index contributed by atoms with van der Waals surface area (Å²) in [4.78, 5) is 35.3. The number of ketones is 1. The molecule has 3 aromatic rings. The Morgan fingerprint density at radius 3 is 2.68 bits per heavy atom. The van der Waals surface area contributed by atoms with E-state index < -0.39 is 0 Å². The van der Waals surface area contributed by atoms with Crippen LogP contribution in [0.2, 0.25) is 0 Å². The number of H-pyrrole nitrogens is 1. The molecule has 2 aromatic heterocycles. The Morgan fingerprint density at radius 1 is 1.06 bits per heavy atom. The van der Waals surface area contributed by atoms with Crippen molar-refractivity contribution < 1.29 is 14.3 Å². The first-order valence-electron chi connectivity index (χ1n) is 12.1. The second-order valence-corrected chi connectivity index (χ2v) is 8.99. The fraction of sp³-hybridized carbons (Fsp3) is 0.370. The van der Waals surface area contributed by atoms with Gasteiger partial charge in [-0.3, -0.25) is 19.5 Å². The highest BCUT2D eigenvalue weighted by Crippen LogP contribution is 2.30. The van der Waals surface area contributed by atoms with Crippen molar-refractivity contribution in [1.29, 1.82) is 0 Å². The Balaban J connectivity index is 1.26. The summed E-state index contributed by atoms with van der Waals surface area (Å²) in [6, 6.07) is 9.51. The van der Waals surface area contributed by atoms with Crippen molar-refractivity contribution >= 4 is 17.4 Å². The van der Waals surface area contributed by atoms with Crippen molar-refractivity contribution in [1.82, 2.24) is 14.9 Å². The zero-order valence-electron chi connectivity index (χ0n) is 19.3. The van der Waals surface area contributed by atoms with E-state index in [1.807, 2.05) is 30.3 Å². The molecule has 1 amide bonds. The molecule has 1 aliphatic carbocycles. The third kappa shape index (κ3) is 4.89. The van der Waals surface area contributed by atoms with Crippen LogP contribution < -0.4 is 10.1 Å². The monoisotopic (exact) mass is 458 g/mol. The number of benzene rings is 1. The van der Waals surface area contributed by atoms with Gasteiger partial charge in [-0.2, -0.15) is 0 Å². The van der Waals surface area contributed by atoms with E-state index in [2.05, 4.69) is 20.2 Å². The quantitative estimate of drug-likeness (QED) is 0.501. The average Bonchev–Trinajstić information content (AvgIpc) is 3.49. The number of carbonyl (C=O) groups is 2. The molecule has 0 spiro atoms. The second-order valence-electron chi connectivity index (χ2n) is 8.99. The molecule has 1 aromatic carbocycles. The van der Waals surface area contributed by atoms with Crippen LogP contribution in [-0.2, 0) is 6.42 Å². The molecule has 2 N–H and O–H groups in total. The molecule has 7 nitrogen and oxygen atoms in total. The molecule has 3 heterocycles. The number of pyridine rings is 1. The molecule has 0 atom stereocenters. The molecule has 1 fully saturated rings. The van der Waals surface area contributed by atoms with E-state index in [4.69, 9.17) is 4.74 Å². The summed E-state index contributed by atoms with van der Waals surface area (Å²) in [5.41, 5.74) is 4.41. The average molecular weight is 459 g/mol. The summed E-state index contributed by atoms with van der Waals surface area (Å²) in [7, 11) is 0. The lowest BCUT2D eigenvalue weighted by atomic mass is 10.0.